The maximum absolute atomic E-state index is 12.9. The Hall–Kier alpha value is -11.7. The van der Waals surface area contributed by atoms with Gasteiger partial charge in [-0.2, -0.15) is 5.26 Å². The fourth-order valence-electron chi connectivity index (χ4n) is 10.2. The summed E-state index contributed by atoms with van der Waals surface area (Å²) in [5.41, 5.74) is 6.42. The summed E-state index contributed by atoms with van der Waals surface area (Å²) < 4.78 is 32.3. The van der Waals surface area contributed by atoms with Crippen molar-refractivity contribution in [1.82, 2.24) is 9.13 Å². The minimum Gasteiger partial charge on any atom is -0.493 e. The smallest absolute Gasteiger partial charge is 0.361 e. The van der Waals surface area contributed by atoms with E-state index in [1.807, 2.05) is 31.2 Å². The fraction of sp³-hybridized carbons (Fsp3) is 0.306. The van der Waals surface area contributed by atoms with E-state index in [9.17, 15) is 68.8 Å². The van der Waals surface area contributed by atoms with Crippen molar-refractivity contribution in [2.75, 3.05) is 34.0 Å². The number of hydrogen-bond donors (Lipinski definition) is 4. The first-order valence-corrected chi connectivity index (χ1v) is 31.1. The predicted molar refractivity (Wildman–Crippen MR) is 362 cm³/mol. The number of nitrogens with zero attached hydrogens (tertiary/aromatic N) is 8. The molecule has 0 amide bonds. The molecular formula is C72H73CrN8O19+. The molecule has 8 rings (SSSR count). The first-order chi connectivity index (χ1) is 47.4. The second kappa shape index (κ2) is 37.7. The van der Waals surface area contributed by atoms with Gasteiger partial charge in [0.15, 0.2) is 5.69 Å². The van der Waals surface area contributed by atoms with Gasteiger partial charge in [-0.1, -0.05) is 69.2 Å². The summed E-state index contributed by atoms with van der Waals surface area (Å²) >= 11 is 0. The number of ether oxygens (including phenoxy) is 5. The van der Waals surface area contributed by atoms with Gasteiger partial charge in [-0.3, -0.25) is 37.9 Å². The average Bonchev–Trinajstić information content (AvgIpc) is 0.744. The third-order valence-corrected chi connectivity index (χ3v) is 15.3. The maximum Gasteiger partial charge on any atom is 0.361 e. The molecule has 27 nitrogen and oxygen atoms in total. The van der Waals surface area contributed by atoms with E-state index in [0.29, 0.717) is 12.2 Å². The van der Waals surface area contributed by atoms with E-state index in [0.717, 1.165) is 67.9 Å². The van der Waals surface area contributed by atoms with Crippen LogP contribution in [0.3, 0.4) is 0 Å². The molecule has 3 heterocycles. The average molecular weight is 1410 g/mol. The van der Waals surface area contributed by atoms with E-state index in [4.69, 9.17) is 25.2 Å². The summed E-state index contributed by atoms with van der Waals surface area (Å²) in [6, 6.07) is 29.8. The number of hydrogen-bond acceptors (Lipinski definition) is 21. The largest absolute Gasteiger partial charge is 0.493 e. The van der Waals surface area contributed by atoms with Crippen LogP contribution in [-0.4, -0.2) is 105 Å². The monoisotopic (exact) mass is 1410 g/mol. The third kappa shape index (κ3) is 19.7. The van der Waals surface area contributed by atoms with Crippen LogP contribution in [-0.2, 0) is 86.2 Å². The third-order valence-electron chi connectivity index (χ3n) is 15.3. The molecule has 0 saturated carbocycles. The first-order valence-electron chi connectivity index (χ1n) is 31.1. The standard InChI is InChI=1S/C30H33O3.2C21H20N4O8.Cr/c1-6-11-21-17-27-25(15-19(21)4)29(23-13-9-10-14-24(23)30(31)32-8-3)26-16-20(5)22(12-7-2)18-28(26)33-27;1-12-17(22-2)19(28)25(10-11-33-16(27)9-8-15(26)32-3)20(29)18(12)24-23-14-7-5-4-6-13(14)21(30)31;1-12-14(11-22)19(28)25(9-10-33-17(27)8-7-16(26)32-2)20(29)18(12)24-23-15-6-4-3-5-13(15)21(30)31;/h9-10,13-18H,6-8,11-12H2,1-5H3;4-7,29H,8-11H2,1,3H3,(H,30,31);3-6,29H,7-10H2,1-2H3,(H,30,31);/q+1;;;. The second-order valence-corrected chi connectivity index (χ2v) is 21.9. The summed E-state index contributed by atoms with van der Waals surface area (Å²) in [5, 5.41) is 66.6. The van der Waals surface area contributed by atoms with Gasteiger partial charge in [0, 0.05) is 40.6 Å². The van der Waals surface area contributed by atoms with Crippen LogP contribution in [0.25, 0.3) is 37.9 Å². The molecule has 0 saturated heterocycles. The van der Waals surface area contributed by atoms with E-state index in [2.05, 4.69) is 86.7 Å². The van der Waals surface area contributed by atoms with Crippen molar-refractivity contribution in [3.8, 4) is 29.0 Å². The molecule has 8 aromatic rings. The molecular weight excluding hydrogens is 1330 g/mol. The van der Waals surface area contributed by atoms with Gasteiger partial charge in [0.25, 0.3) is 16.8 Å². The SMILES string of the molecule is CCCc1cc2[o+]c3cc(CCC)c(C)cc3c(-c3ccccc3C(=O)OCC)c2cc1C.COC(=O)CCC(=O)OCCn1c(O)c(N=Nc2ccccc2C(=O)O)c(C)c(C#N)c1=O.[C-]#[N+]c1c(C)c(N=Nc2ccccc2C(=O)O)c(O)n(CCOC(=O)CCC(=O)OC)c1=O.[Cr]. The zero-order valence-electron chi connectivity index (χ0n) is 56.3. The van der Waals surface area contributed by atoms with Gasteiger partial charge in [0.05, 0.1) is 93.6 Å². The Balaban J connectivity index is 0.000000269. The molecule has 0 bridgehead atoms. The molecule has 520 valence electrons. The van der Waals surface area contributed by atoms with Crippen LogP contribution in [0, 0.1) is 45.6 Å². The number of carbonyl (C=O) groups is 7. The number of benzene rings is 5. The van der Waals surface area contributed by atoms with Gasteiger partial charge in [0.1, 0.15) is 41.9 Å². The summed E-state index contributed by atoms with van der Waals surface area (Å²) in [4.78, 5) is 109. The quantitative estimate of drug-likeness (QED) is 0.0103. The zero-order valence-corrected chi connectivity index (χ0v) is 57.6. The molecule has 4 N–H and O–H groups in total. The summed E-state index contributed by atoms with van der Waals surface area (Å²) in [7, 11) is 2.37. The summed E-state index contributed by atoms with van der Waals surface area (Å²) in [6.45, 7) is 19.7. The summed E-state index contributed by atoms with van der Waals surface area (Å²) in [5.74, 6) is -6.63. The van der Waals surface area contributed by atoms with E-state index in [1.54, 1.807) is 18.2 Å². The van der Waals surface area contributed by atoms with Crippen molar-refractivity contribution in [3.63, 3.8) is 0 Å². The Morgan fingerprint density at radius 2 is 1.00 bits per heavy atom. The van der Waals surface area contributed by atoms with Crippen molar-refractivity contribution in [3.05, 3.63) is 185 Å². The number of carboxylic acid groups (broad SMARTS) is 2. The molecule has 100 heavy (non-hydrogen) atoms. The number of aryl methyl sites for hydroxylation is 4. The van der Waals surface area contributed by atoms with Gasteiger partial charge in [-0.05, 0) is 123 Å². The number of aromatic hydroxyl groups is 2. The molecule has 28 heteroatoms. The molecule has 0 unspecified atom stereocenters. The molecule has 0 radical (unpaired) electrons. The van der Waals surface area contributed by atoms with E-state index < -0.39 is 58.7 Å². The van der Waals surface area contributed by atoms with Crippen molar-refractivity contribution in [1.29, 1.82) is 5.26 Å². The Kier molecular flexibility index (Phi) is 29.8. The van der Waals surface area contributed by atoms with E-state index >= 15 is 0 Å². The van der Waals surface area contributed by atoms with E-state index in [1.165, 1.54) is 86.7 Å². The van der Waals surface area contributed by atoms with Crippen LogP contribution in [0.2, 0.25) is 0 Å². The normalized spacial score (nSPS) is 10.7. The van der Waals surface area contributed by atoms with Crippen molar-refractivity contribution < 1.29 is 99.5 Å². The number of methoxy groups -OCH3 is 2. The van der Waals surface area contributed by atoms with Gasteiger partial charge in [0.2, 0.25) is 11.8 Å². The fourth-order valence-corrected chi connectivity index (χ4v) is 10.2. The Morgan fingerprint density at radius 1 is 0.580 bits per heavy atom. The number of aromatic carboxylic acids is 2. The number of carbonyl (C=O) groups excluding carboxylic acids is 5. The van der Waals surface area contributed by atoms with Crippen molar-refractivity contribution in [2.45, 2.75) is 113 Å². The molecule has 5 aromatic carbocycles. The minimum atomic E-state index is -1.23. The van der Waals surface area contributed by atoms with Gasteiger partial charge < -0.3 is 44.1 Å². The van der Waals surface area contributed by atoms with Gasteiger partial charge in [-0.15, -0.1) is 20.5 Å². The van der Waals surface area contributed by atoms with Crippen LogP contribution in [0.15, 0.2) is 132 Å². The number of fused-ring (bicyclic) bond motifs is 2. The molecule has 0 atom stereocenters. The number of esters is 5. The first kappa shape index (κ1) is 79.0. The Bertz CT molecular complexity index is 4440. The van der Waals surface area contributed by atoms with Gasteiger partial charge >= 0.3 is 53.0 Å². The number of pyridine rings is 2. The molecule has 0 spiro atoms. The van der Waals surface area contributed by atoms with Crippen LogP contribution in [0.5, 0.6) is 11.8 Å². The number of carboxylic acids is 2. The molecule has 0 aliphatic heterocycles. The van der Waals surface area contributed by atoms with Crippen LogP contribution in [0.4, 0.5) is 28.4 Å². The van der Waals surface area contributed by atoms with Crippen LogP contribution < -0.4 is 11.1 Å². The van der Waals surface area contributed by atoms with Crippen LogP contribution in [0.1, 0.15) is 129 Å². The molecule has 0 aliphatic rings. The topological polar surface area (TPSA) is 379 Å². The Morgan fingerprint density at radius 3 is 1.42 bits per heavy atom. The Labute approximate surface area is 584 Å². The second-order valence-electron chi connectivity index (χ2n) is 21.9. The maximum atomic E-state index is 12.9. The number of nitriles is 1. The van der Waals surface area contributed by atoms with Crippen LogP contribution >= 0.6 is 0 Å². The minimum absolute atomic E-state index is 0. The van der Waals surface area contributed by atoms with E-state index in [-0.39, 0.29) is 132 Å². The van der Waals surface area contributed by atoms with Gasteiger partial charge in [-0.25, -0.2) is 23.6 Å². The van der Waals surface area contributed by atoms with Crippen molar-refractivity contribution in [2.24, 2.45) is 20.5 Å². The zero-order chi connectivity index (χ0) is 72.6. The number of aromatic nitrogens is 2. The number of rotatable bonds is 25. The molecule has 0 fully saturated rings. The summed E-state index contributed by atoms with van der Waals surface area (Å²) in [6.07, 6.45) is 3.39. The molecule has 0 aliphatic carbocycles. The molecule has 3 aromatic heterocycles. The van der Waals surface area contributed by atoms with Crippen molar-refractivity contribution >= 4 is 92.2 Å². The predicted octanol–water partition coefficient (Wildman–Crippen LogP) is 13.6. The number of azo groups is 2.